The van der Waals surface area contributed by atoms with Gasteiger partial charge in [0.1, 0.15) is 0 Å². The molecular weight excluding hydrogens is 415 g/mol. The van der Waals surface area contributed by atoms with E-state index in [1.165, 1.54) is 0 Å². The molecule has 0 aliphatic carbocycles. The fraction of sp³-hybridized carbons (Fsp3) is 0.364. The van der Waals surface area contributed by atoms with Gasteiger partial charge >= 0.3 is 156 Å². The molecule has 0 aliphatic heterocycles. The van der Waals surface area contributed by atoms with Gasteiger partial charge in [-0.1, -0.05) is 0 Å². The van der Waals surface area contributed by atoms with Crippen LogP contribution >= 0.6 is 0 Å². The van der Waals surface area contributed by atoms with Gasteiger partial charge in [-0.2, -0.15) is 0 Å². The second kappa shape index (κ2) is 7.06. The van der Waals surface area contributed by atoms with Crippen LogP contribution in [0.1, 0.15) is 54.1 Å². The summed E-state index contributed by atoms with van der Waals surface area (Å²) in [5.74, 6) is 0. The molecule has 0 amide bonds. The normalized spacial score (nSPS) is 11.5. The molecule has 2 rings (SSSR count). The first-order valence-corrected chi connectivity index (χ1v) is 17.3. The zero-order valence-corrected chi connectivity index (χ0v) is 19.5. The Morgan fingerprint density at radius 1 is 0.600 bits per heavy atom. The zero-order chi connectivity index (χ0) is 19.1. The Balaban J connectivity index is 2.56. The van der Waals surface area contributed by atoms with Gasteiger partial charge in [0.25, 0.3) is 0 Å². The van der Waals surface area contributed by atoms with Crippen LogP contribution in [0, 0.1) is 41.5 Å². The van der Waals surface area contributed by atoms with Gasteiger partial charge in [0, 0.05) is 0 Å². The van der Waals surface area contributed by atoms with Gasteiger partial charge in [-0.05, 0) is 0 Å². The topological polar surface area (TPSA) is 34.1 Å². The fourth-order valence-corrected chi connectivity index (χ4v) is 10.2. The van der Waals surface area contributed by atoms with Gasteiger partial charge in [0.2, 0.25) is 0 Å². The van der Waals surface area contributed by atoms with Crippen LogP contribution in [-0.4, -0.2) is 26.0 Å². The van der Waals surface area contributed by atoms with Crippen molar-refractivity contribution in [2.75, 3.05) is 0 Å². The van der Waals surface area contributed by atoms with Gasteiger partial charge in [-0.25, -0.2) is 0 Å². The van der Waals surface area contributed by atoms with Crippen LogP contribution in [-0.2, 0) is 0 Å². The molecule has 0 radical (unpaired) electrons. The van der Waals surface area contributed by atoms with Crippen molar-refractivity contribution in [1.82, 2.24) is 0 Å². The summed E-state index contributed by atoms with van der Waals surface area (Å²) in [6, 6.07) is 8.15. The molecule has 0 saturated heterocycles. The maximum absolute atomic E-state index is 13.4. The molecule has 0 saturated carbocycles. The van der Waals surface area contributed by atoms with E-state index in [0.29, 0.717) is 0 Å². The van der Waals surface area contributed by atoms with Crippen LogP contribution in [0.25, 0.3) is 0 Å². The second-order valence-corrected chi connectivity index (χ2v) is 19.7. The number of aryl methyl sites for hydroxylation is 6. The van der Waals surface area contributed by atoms with Crippen molar-refractivity contribution in [3.63, 3.8) is 0 Å². The van der Waals surface area contributed by atoms with Crippen molar-refractivity contribution in [1.29, 1.82) is 0 Å². The summed E-state index contributed by atoms with van der Waals surface area (Å²) < 4.78 is 0.211. The Kier molecular flexibility index (Phi) is 5.62. The van der Waals surface area contributed by atoms with Crippen LogP contribution in [0.5, 0.6) is 0 Å². The monoisotopic (exact) mass is 444 g/mol. The number of hydrogen-bond donors (Lipinski definition) is 0. The zero-order valence-electron chi connectivity index (χ0n) is 16.6. The van der Waals surface area contributed by atoms with Crippen LogP contribution in [0.3, 0.4) is 0 Å². The first-order chi connectivity index (χ1) is 11.5. The van der Waals surface area contributed by atoms with Crippen molar-refractivity contribution >= 4 is 26.0 Å². The third-order valence-corrected chi connectivity index (χ3v) is 12.9. The molecule has 2 aromatic carbocycles. The molecule has 2 nitrogen and oxygen atoms in total. The first kappa shape index (κ1) is 19.9. The summed E-state index contributed by atoms with van der Waals surface area (Å²) >= 11 is -3.71. The van der Waals surface area contributed by atoms with E-state index in [4.69, 9.17) is 0 Å². The number of hydrogen-bond acceptors (Lipinski definition) is 2. The van der Waals surface area contributed by atoms with Gasteiger partial charge in [0.05, 0.1) is 0 Å². The number of benzene rings is 2. The van der Waals surface area contributed by atoms with E-state index < -0.39 is 18.4 Å². The molecule has 132 valence electrons. The molecule has 2 aromatic rings. The molecule has 0 unspecified atom stereocenters. The summed E-state index contributed by atoms with van der Waals surface area (Å²) in [4.78, 5) is 30.7. The summed E-state index contributed by atoms with van der Waals surface area (Å²) in [6.07, 6.45) is 0. The Bertz CT molecular complexity index is 758. The van der Waals surface area contributed by atoms with Crippen molar-refractivity contribution < 1.29 is 9.59 Å². The number of carbonyl (C=O) groups excluding carboxylic acids is 2. The van der Waals surface area contributed by atoms with Gasteiger partial charge in [-0.3, -0.25) is 0 Å². The standard InChI is InChI=1S/2C10H11O.2CH3.Sn/c2*1-7-4-8(2)10(6-11)9(3)5-7;;;/h2*4-5H,1-3H3;2*1H3;. The van der Waals surface area contributed by atoms with Crippen molar-refractivity contribution in [3.8, 4) is 0 Å². The van der Waals surface area contributed by atoms with E-state index in [-0.39, 0.29) is 7.60 Å². The van der Waals surface area contributed by atoms with Gasteiger partial charge in [-0.15, -0.1) is 0 Å². The summed E-state index contributed by atoms with van der Waals surface area (Å²) in [7, 11) is 0. The third-order valence-electron chi connectivity index (χ3n) is 4.94. The SMILES string of the molecule is Cc1cc(C)c([C](=O)[Sn]([CH3])([CH3])[C](=O)c2c(C)cc(C)cc2C)c(C)c1. The van der Waals surface area contributed by atoms with E-state index in [2.05, 4.69) is 0 Å². The molecule has 0 aliphatic rings. The maximum atomic E-state index is 13.4. The number of carbonyl (C=O) groups is 2. The average molecular weight is 443 g/mol. The van der Waals surface area contributed by atoms with Crippen LogP contribution in [0.4, 0.5) is 0 Å². The van der Waals surface area contributed by atoms with E-state index in [9.17, 15) is 9.59 Å². The van der Waals surface area contributed by atoms with E-state index >= 15 is 0 Å². The van der Waals surface area contributed by atoms with Crippen molar-refractivity contribution in [2.45, 2.75) is 51.4 Å². The minimum absolute atomic E-state index is 0.105. The summed E-state index contributed by atoms with van der Waals surface area (Å²) in [6.45, 7) is 12.0. The Labute approximate surface area is 155 Å². The quantitative estimate of drug-likeness (QED) is 0.594. The van der Waals surface area contributed by atoms with Crippen molar-refractivity contribution in [3.05, 3.63) is 68.8 Å². The van der Waals surface area contributed by atoms with E-state index in [1.54, 1.807) is 0 Å². The molecular formula is C22H28O2Sn. The molecule has 0 bridgehead atoms. The molecule has 0 heterocycles. The van der Waals surface area contributed by atoms with E-state index in [1.807, 2.05) is 75.7 Å². The Morgan fingerprint density at radius 3 is 1.08 bits per heavy atom. The summed E-state index contributed by atoms with van der Waals surface area (Å²) in [5.41, 5.74) is 7.77. The van der Waals surface area contributed by atoms with Gasteiger partial charge in [0.15, 0.2) is 0 Å². The molecule has 0 fully saturated rings. The molecule has 0 N–H and O–H groups in total. The fourth-order valence-electron chi connectivity index (χ4n) is 3.80. The first-order valence-electron chi connectivity index (χ1n) is 8.72. The van der Waals surface area contributed by atoms with Gasteiger partial charge < -0.3 is 0 Å². The molecule has 25 heavy (non-hydrogen) atoms. The predicted octanol–water partition coefficient (Wildman–Crippen LogP) is 5.39. The molecule has 0 spiro atoms. The van der Waals surface area contributed by atoms with E-state index in [0.717, 1.165) is 44.5 Å². The summed E-state index contributed by atoms with van der Waals surface area (Å²) in [5, 5.41) is 0. The molecule has 0 atom stereocenters. The van der Waals surface area contributed by atoms with Crippen LogP contribution in [0.15, 0.2) is 24.3 Å². The Morgan fingerprint density at radius 2 is 0.840 bits per heavy atom. The van der Waals surface area contributed by atoms with Crippen LogP contribution < -0.4 is 0 Å². The average Bonchev–Trinajstić information content (AvgIpc) is 2.44. The third kappa shape index (κ3) is 3.74. The van der Waals surface area contributed by atoms with Crippen LogP contribution in [0.2, 0.25) is 9.88 Å². The Hall–Kier alpha value is -1.42. The minimum atomic E-state index is -3.71. The second-order valence-electron chi connectivity index (χ2n) is 7.83. The number of rotatable bonds is 4. The predicted molar refractivity (Wildman–Crippen MR) is 107 cm³/mol. The molecule has 0 aromatic heterocycles. The molecule has 3 heteroatoms. The van der Waals surface area contributed by atoms with Crippen molar-refractivity contribution in [2.24, 2.45) is 0 Å².